The summed E-state index contributed by atoms with van der Waals surface area (Å²) in [6.07, 6.45) is 4.05. The van der Waals surface area contributed by atoms with Crippen LogP contribution in [0.5, 0.6) is 0 Å². The van der Waals surface area contributed by atoms with E-state index >= 15 is 0 Å². The molecule has 1 radical (unpaired) electrons. The van der Waals surface area contributed by atoms with Gasteiger partial charge in [0.05, 0.1) is 15.1 Å². The number of hydrogen-bond donors (Lipinski definition) is 2. The average Bonchev–Trinajstić information content (AvgIpc) is 3.06. The Balaban J connectivity index is 0.00000161. The number of fused-ring (bicyclic) bond motifs is 1. The van der Waals surface area contributed by atoms with Gasteiger partial charge in [0.25, 0.3) is 0 Å². The predicted molar refractivity (Wildman–Crippen MR) is 83.9 cm³/mol. The third-order valence-electron chi connectivity index (χ3n) is 3.80. The molecular formula is C13H15LiN3O3S. The van der Waals surface area contributed by atoms with Gasteiger partial charge < -0.3 is 10.4 Å². The van der Waals surface area contributed by atoms with Crippen molar-refractivity contribution in [1.82, 2.24) is 4.98 Å². The Morgan fingerprint density at radius 1 is 1.52 bits per heavy atom. The largest absolute Gasteiger partial charge is 0.396 e. The van der Waals surface area contributed by atoms with Crippen molar-refractivity contribution in [1.29, 1.82) is 0 Å². The van der Waals surface area contributed by atoms with E-state index in [2.05, 4.69) is 10.3 Å². The van der Waals surface area contributed by atoms with Crippen molar-refractivity contribution in [3.8, 4) is 0 Å². The van der Waals surface area contributed by atoms with Crippen molar-refractivity contribution in [2.24, 2.45) is 5.92 Å². The van der Waals surface area contributed by atoms with E-state index in [9.17, 15) is 15.2 Å². The van der Waals surface area contributed by atoms with E-state index in [-0.39, 0.29) is 37.2 Å². The van der Waals surface area contributed by atoms with Crippen molar-refractivity contribution < 1.29 is 10.0 Å². The van der Waals surface area contributed by atoms with Crippen LogP contribution >= 0.6 is 11.3 Å². The molecule has 2 aromatic heterocycles. The van der Waals surface area contributed by atoms with Crippen LogP contribution in [0.25, 0.3) is 10.2 Å². The molecular weight excluding hydrogens is 285 g/mol. The van der Waals surface area contributed by atoms with Gasteiger partial charge in [0.2, 0.25) is 0 Å². The molecule has 3 rings (SSSR count). The van der Waals surface area contributed by atoms with Crippen molar-refractivity contribution in [3.05, 3.63) is 27.8 Å². The molecule has 1 aliphatic carbocycles. The summed E-state index contributed by atoms with van der Waals surface area (Å²) >= 11 is 1.46. The van der Waals surface area contributed by atoms with E-state index in [1.165, 1.54) is 17.5 Å². The smallest absolute Gasteiger partial charge is 0.311 e. The fourth-order valence-corrected chi connectivity index (χ4v) is 3.61. The molecule has 0 saturated heterocycles. The zero-order chi connectivity index (χ0) is 14.1. The Morgan fingerprint density at radius 3 is 3.00 bits per heavy atom. The minimum absolute atomic E-state index is 0. The third-order valence-corrected chi connectivity index (χ3v) is 4.72. The number of anilines is 1. The molecule has 1 fully saturated rings. The maximum atomic E-state index is 11.2. The molecule has 0 bridgehead atoms. The summed E-state index contributed by atoms with van der Waals surface area (Å²) < 4.78 is 0.826. The number of rotatable bonds is 4. The number of aliphatic hydroxyl groups excluding tert-OH is 1. The molecule has 8 heteroatoms. The Labute approximate surface area is 137 Å². The first-order valence-corrected chi connectivity index (χ1v) is 7.45. The maximum Gasteiger partial charge on any atom is 0.311 e. The van der Waals surface area contributed by atoms with Crippen molar-refractivity contribution >= 4 is 51.8 Å². The molecule has 0 aliphatic heterocycles. The normalized spacial score (nSPS) is 21.2. The Morgan fingerprint density at radius 2 is 2.33 bits per heavy atom. The number of aromatic nitrogens is 1. The number of hydrogen-bond acceptors (Lipinski definition) is 6. The predicted octanol–water partition coefficient (Wildman–Crippen LogP) is 2.40. The molecule has 1 saturated carbocycles. The van der Waals surface area contributed by atoms with Crippen LogP contribution in [0.4, 0.5) is 11.4 Å². The minimum Gasteiger partial charge on any atom is -0.396 e. The van der Waals surface area contributed by atoms with Gasteiger partial charge in [0.15, 0.2) is 0 Å². The molecule has 0 unspecified atom stereocenters. The first-order chi connectivity index (χ1) is 9.69. The fourth-order valence-electron chi connectivity index (χ4n) is 2.76. The molecule has 2 aromatic rings. The molecule has 0 aromatic carbocycles. The van der Waals surface area contributed by atoms with E-state index < -0.39 is 4.92 Å². The van der Waals surface area contributed by atoms with E-state index in [1.54, 1.807) is 0 Å². The molecule has 2 atom stereocenters. The zero-order valence-corrected chi connectivity index (χ0v) is 12.6. The van der Waals surface area contributed by atoms with Gasteiger partial charge in [0, 0.05) is 31.5 Å². The fraction of sp³-hybridized carbons (Fsp3) is 0.462. The average molecular weight is 300 g/mol. The first kappa shape index (κ1) is 16.2. The Hall–Kier alpha value is -1.13. The minimum atomic E-state index is -0.396. The van der Waals surface area contributed by atoms with Gasteiger partial charge in [-0.15, -0.1) is 11.3 Å². The van der Waals surface area contributed by atoms with Gasteiger partial charge in [0.1, 0.15) is 11.9 Å². The Kier molecular flexibility index (Phi) is 5.22. The summed E-state index contributed by atoms with van der Waals surface area (Å²) in [7, 11) is 0. The molecule has 21 heavy (non-hydrogen) atoms. The van der Waals surface area contributed by atoms with Crippen molar-refractivity contribution in [2.75, 3.05) is 11.9 Å². The summed E-state index contributed by atoms with van der Waals surface area (Å²) in [5, 5.41) is 25.5. The maximum absolute atomic E-state index is 11.2. The van der Waals surface area contributed by atoms with Crippen LogP contribution in [-0.2, 0) is 0 Å². The van der Waals surface area contributed by atoms with Gasteiger partial charge in [-0.25, -0.2) is 4.98 Å². The Bertz CT molecular complexity index is 649. The molecule has 2 heterocycles. The van der Waals surface area contributed by atoms with Crippen LogP contribution in [-0.4, -0.2) is 46.5 Å². The van der Waals surface area contributed by atoms with E-state index in [4.69, 9.17) is 0 Å². The summed E-state index contributed by atoms with van der Waals surface area (Å²) in [5.74, 6) is 0.298. The quantitative estimate of drug-likeness (QED) is 0.514. The number of pyridine rings is 1. The second-order valence-corrected chi connectivity index (χ2v) is 6.03. The molecule has 6 nitrogen and oxygen atoms in total. The van der Waals surface area contributed by atoms with E-state index in [1.807, 2.05) is 11.4 Å². The van der Waals surface area contributed by atoms with Crippen molar-refractivity contribution in [2.45, 2.75) is 25.3 Å². The summed E-state index contributed by atoms with van der Waals surface area (Å²) in [5.41, 5.74) is 1.37. The van der Waals surface area contributed by atoms with Crippen LogP contribution in [0.15, 0.2) is 17.6 Å². The summed E-state index contributed by atoms with van der Waals surface area (Å²) in [6.45, 7) is 0.186. The molecule has 0 spiro atoms. The summed E-state index contributed by atoms with van der Waals surface area (Å²) in [6, 6.07) is 2.04. The van der Waals surface area contributed by atoms with E-state index in [0.717, 1.165) is 29.5 Å². The topological polar surface area (TPSA) is 88.3 Å². The van der Waals surface area contributed by atoms with Gasteiger partial charge in [-0.1, -0.05) is 0 Å². The number of nitro groups is 1. The van der Waals surface area contributed by atoms with Crippen molar-refractivity contribution in [3.63, 3.8) is 0 Å². The molecule has 2 N–H and O–H groups in total. The zero-order valence-electron chi connectivity index (χ0n) is 11.8. The standard InChI is InChI=1S/C13H15N3O3S.Li/c17-7-8-1-2-9(5-8)15-12-11(16(18)19)6-14-10-3-4-20-13(10)12;/h3-4,6,8-9,17H,1-2,5,7H2,(H,14,15);/t8-,9+;/m1./s1. The monoisotopic (exact) mass is 300 g/mol. The SMILES string of the molecule is O=[N+]([O-])c1cnc2ccsc2c1N[C@H]1CC[C@@H](CO)C1.[Li]. The second-order valence-electron chi connectivity index (χ2n) is 5.11. The van der Waals surface area contributed by atoms with Crippen LogP contribution in [0.3, 0.4) is 0 Å². The molecule has 1 aliphatic rings. The van der Waals surface area contributed by atoms with Crippen LogP contribution in [0.2, 0.25) is 0 Å². The van der Waals surface area contributed by atoms with Gasteiger partial charge in [-0.2, -0.15) is 0 Å². The number of nitrogens with zero attached hydrogens (tertiary/aromatic N) is 2. The number of aliphatic hydroxyl groups is 1. The summed E-state index contributed by atoms with van der Waals surface area (Å²) in [4.78, 5) is 14.9. The van der Waals surface area contributed by atoms with Gasteiger partial charge >= 0.3 is 5.69 Å². The molecule has 0 amide bonds. The van der Waals surface area contributed by atoms with E-state index in [0.29, 0.717) is 11.6 Å². The first-order valence-electron chi connectivity index (χ1n) is 6.57. The number of thiophene rings is 1. The van der Waals surface area contributed by atoms with Gasteiger partial charge in [-0.3, -0.25) is 10.1 Å². The van der Waals surface area contributed by atoms with Crippen LogP contribution < -0.4 is 5.32 Å². The second kappa shape index (κ2) is 6.75. The third kappa shape index (κ3) is 3.21. The molecule has 107 valence electrons. The van der Waals surface area contributed by atoms with Crippen LogP contribution in [0, 0.1) is 16.0 Å². The number of nitrogens with one attached hydrogen (secondary N) is 1. The van der Waals surface area contributed by atoms with Crippen LogP contribution in [0.1, 0.15) is 19.3 Å². The van der Waals surface area contributed by atoms with Gasteiger partial charge in [-0.05, 0) is 36.6 Å².